The molecule has 1 aromatic heterocycles. The van der Waals surface area contributed by atoms with Gasteiger partial charge in [-0.15, -0.1) is 0 Å². The highest BCUT2D eigenvalue weighted by Gasteiger charge is 2.21. The molecule has 5 nitrogen and oxygen atoms in total. The third-order valence-corrected chi connectivity index (χ3v) is 3.92. The summed E-state index contributed by atoms with van der Waals surface area (Å²) in [5.41, 5.74) is 6.90. The Balaban J connectivity index is 2.97. The zero-order chi connectivity index (χ0) is 12.3. The normalized spacial score (nSPS) is 12.0. The molecule has 3 N–H and O–H groups in total. The summed E-state index contributed by atoms with van der Waals surface area (Å²) in [5.74, 6) is 0. The highest BCUT2D eigenvalue weighted by molar-refractivity contribution is 7.89. The van der Waals surface area contributed by atoms with Crippen molar-refractivity contribution in [2.24, 2.45) is 5.73 Å². The van der Waals surface area contributed by atoms with E-state index in [1.54, 1.807) is 13.0 Å². The van der Waals surface area contributed by atoms with Gasteiger partial charge in [0.05, 0.1) is 4.90 Å². The number of nitrogens with one attached hydrogen (secondary N) is 1. The van der Waals surface area contributed by atoms with Crippen molar-refractivity contribution in [1.82, 2.24) is 9.29 Å². The predicted octanol–water partition coefficient (Wildman–Crippen LogP) is 0.670. The lowest BCUT2D eigenvalue weighted by molar-refractivity contribution is 0.493. The van der Waals surface area contributed by atoms with E-state index in [-0.39, 0.29) is 4.90 Å². The number of aromatic amines is 1. The van der Waals surface area contributed by atoms with Gasteiger partial charge in [-0.1, -0.05) is 12.2 Å². The Kier molecular flexibility index (Phi) is 3.90. The van der Waals surface area contributed by atoms with Crippen LogP contribution in [0.3, 0.4) is 0 Å². The van der Waals surface area contributed by atoms with E-state index in [2.05, 4.69) is 11.6 Å². The van der Waals surface area contributed by atoms with Crippen molar-refractivity contribution in [1.29, 1.82) is 0 Å². The molecule has 0 spiro atoms. The van der Waals surface area contributed by atoms with Gasteiger partial charge in [0.2, 0.25) is 10.0 Å². The molecule has 6 heteroatoms. The number of hydrogen-bond acceptors (Lipinski definition) is 3. The van der Waals surface area contributed by atoms with E-state index >= 15 is 0 Å². The van der Waals surface area contributed by atoms with Crippen LogP contribution in [0.2, 0.25) is 0 Å². The van der Waals surface area contributed by atoms with E-state index in [4.69, 9.17) is 5.73 Å². The van der Waals surface area contributed by atoms with Crippen LogP contribution in [0.4, 0.5) is 0 Å². The zero-order valence-corrected chi connectivity index (χ0v) is 10.3. The fourth-order valence-electron chi connectivity index (χ4n) is 1.33. The summed E-state index contributed by atoms with van der Waals surface area (Å²) >= 11 is 0. The average Bonchev–Trinajstić information content (AvgIpc) is 2.65. The van der Waals surface area contributed by atoms with Gasteiger partial charge in [0.15, 0.2) is 0 Å². The molecule has 0 aliphatic rings. The van der Waals surface area contributed by atoms with Crippen molar-refractivity contribution in [3.05, 3.63) is 30.1 Å². The standard InChI is InChI=1S/C10H17N3O2S/c1-8(2)7-13(3)16(14,15)10-4-9(5-11)12-6-10/h4,6,12H,1,5,7,11H2,2-3H3. The summed E-state index contributed by atoms with van der Waals surface area (Å²) in [7, 11) is -1.91. The van der Waals surface area contributed by atoms with E-state index < -0.39 is 10.0 Å². The van der Waals surface area contributed by atoms with Crippen LogP contribution in [0.15, 0.2) is 29.3 Å². The summed E-state index contributed by atoms with van der Waals surface area (Å²) < 4.78 is 25.3. The highest BCUT2D eigenvalue weighted by atomic mass is 32.2. The summed E-state index contributed by atoms with van der Waals surface area (Å²) in [6, 6.07) is 1.55. The lowest BCUT2D eigenvalue weighted by Crippen LogP contribution is -2.28. The number of H-pyrrole nitrogens is 1. The number of nitrogens with two attached hydrogens (primary N) is 1. The quantitative estimate of drug-likeness (QED) is 0.746. The largest absolute Gasteiger partial charge is 0.363 e. The molecule has 0 aliphatic heterocycles. The maximum Gasteiger partial charge on any atom is 0.244 e. The fraction of sp³-hybridized carbons (Fsp3) is 0.400. The molecule has 0 aliphatic carbocycles. The maximum absolute atomic E-state index is 12.0. The summed E-state index contributed by atoms with van der Waals surface area (Å²) in [6.07, 6.45) is 1.45. The molecule has 0 saturated carbocycles. The van der Waals surface area contributed by atoms with Crippen molar-refractivity contribution in [3.63, 3.8) is 0 Å². The first-order valence-electron chi connectivity index (χ1n) is 4.86. The third-order valence-electron chi connectivity index (χ3n) is 2.14. The molecule has 0 atom stereocenters. The van der Waals surface area contributed by atoms with Crippen LogP contribution in [0.1, 0.15) is 12.6 Å². The number of rotatable bonds is 5. The van der Waals surface area contributed by atoms with Crippen molar-refractivity contribution >= 4 is 10.0 Å². The second kappa shape index (κ2) is 4.82. The fourth-order valence-corrected chi connectivity index (χ4v) is 2.58. The molecular weight excluding hydrogens is 226 g/mol. The van der Waals surface area contributed by atoms with Crippen LogP contribution in [0.5, 0.6) is 0 Å². The summed E-state index contributed by atoms with van der Waals surface area (Å²) in [5, 5.41) is 0. The first-order chi connectivity index (χ1) is 7.37. The highest BCUT2D eigenvalue weighted by Crippen LogP contribution is 2.15. The lowest BCUT2D eigenvalue weighted by Gasteiger charge is -2.15. The molecule has 0 bridgehead atoms. The number of nitrogens with zero attached hydrogens (tertiary/aromatic N) is 1. The molecule has 0 radical (unpaired) electrons. The number of likely N-dealkylation sites (N-methyl/N-ethyl adjacent to an activating group) is 1. The Hall–Kier alpha value is -1.11. The molecule has 0 fully saturated rings. The van der Waals surface area contributed by atoms with E-state index in [0.717, 1.165) is 5.57 Å². The SMILES string of the molecule is C=C(C)CN(C)S(=O)(=O)c1c[nH]c(CN)c1. The zero-order valence-electron chi connectivity index (χ0n) is 9.53. The Morgan fingerprint density at radius 1 is 1.62 bits per heavy atom. The molecule has 1 heterocycles. The van der Waals surface area contributed by atoms with Gasteiger partial charge in [-0.25, -0.2) is 8.42 Å². The minimum Gasteiger partial charge on any atom is -0.363 e. The van der Waals surface area contributed by atoms with Crippen molar-refractivity contribution < 1.29 is 8.42 Å². The van der Waals surface area contributed by atoms with Gasteiger partial charge < -0.3 is 10.7 Å². The molecular formula is C10H17N3O2S. The van der Waals surface area contributed by atoms with Crippen LogP contribution in [0, 0.1) is 0 Å². The molecule has 90 valence electrons. The Bertz CT molecular complexity index is 476. The van der Waals surface area contributed by atoms with Crippen LogP contribution >= 0.6 is 0 Å². The lowest BCUT2D eigenvalue weighted by atomic mass is 10.4. The van der Waals surface area contributed by atoms with E-state index in [1.807, 2.05) is 0 Å². The first kappa shape index (κ1) is 13.0. The van der Waals surface area contributed by atoms with Gasteiger partial charge in [0.25, 0.3) is 0 Å². The van der Waals surface area contributed by atoms with E-state index in [1.165, 1.54) is 17.5 Å². The number of sulfonamides is 1. The van der Waals surface area contributed by atoms with E-state index in [0.29, 0.717) is 18.8 Å². The van der Waals surface area contributed by atoms with E-state index in [9.17, 15) is 8.42 Å². The predicted molar refractivity (Wildman–Crippen MR) is 63.3 cm³/mol. The third kappa shape index (κ3) is 2.72. The Labute approximate surface area is 96.0 Å². The molecule has 1 rings (SSSR count). The van der Waals surface area contributed by atoms with Crippen LogP contribution < -0.4 is 5.73 Å². The Morgan fingerprint density at radius 2 is 2.25 bits per heavy atom. The molecule has 0 unspecified atom stereocenters. The maximum atomic E-state index is 12.0. The van der Waals surface area contributed by atoms with Crippen molar-refractivity contribution in [3.8, 4) is 0 Å². The topological polar surface area (TPSA) is 79.2 Å². The number of aromatic nitrogens is 1. The molecule has 1 aromatic rings. The second-order valence-corrected chi connectivity index (χ2v) is 5.83. The molecule has 0 amide bonds. The van der Waals surface area contributed by atoms with Crippen molar-refractivity contribution in [2.75, 3.05) is 13.6 Å². The average molecular weight is 243 g/mol. The molecule has 0 aromatic carbocycles. The first-order valence-corrected chi connectivity index (χ1v) is 6.30. The van der Waals surface area contributed by atoms with Gasteiger partial charge in [-0.2, -0.15) is 4.31 Å². The smallest absolute Gasteiger partial charge is 0.244 e. The monoisotopic (exact) mass is 243 g/mol. The van der Waals surface area contributed by atoms with Gasteiger partial charge in [-0.3, -0.25) is 0 Å². The molecule has 16 heavy (non-hydrogen) atoms. The second-order valence-electron chi connectivity index (χ2n) is 3.78. The van der Waals surface area contributed by atoms with Crippen LogP contribution in [-0.4, -0.2) is 31.3 Å². The molecule has 0 saturated heterocycles. The van der Waals surface area contributed by atoms with Gasteiger partial charge in [0.1, 0.15) is 0 Å². The summed E-state index contributed by atoms with van der Waals surface area (Å²) in [4.78, 5) is 3.05. The Morgan fingerprint density at radius 3 is 2.69 bits per heavy atom. The van der Waals surface area contributed by atoms with Gasteiger partial charge >= 0.3 is 0 Å². The number of hydrogen-bond donors (Lipinski definition) is 2. The van der Waals surface area contributed by atoms with Gasteiger partial charge in [-0.05, 0) is 13.0 Å². The van der Waals surface area contributed by atoms with Crippen LogP contribution in [-0.2, 0) is 16.6 Å². The minimum atomic E-state index is -3.44. The van der Waals surface area contributed by atoms with Crippen molar-refractivity contribution in [2.45, 2.75) is 18.4 Å². The minimum absolute atomic E-state index is 0.233. The summed E-state index contributed by atoms with van der Waals surface area (Å²) in [6.45, 7) is 6.08. The van der Waals surface area contributed by atoms with Crippen LogP contribution in [0.25, 0.3) is 0 Å². The van der Waals surface area contributed by atoms with Gasteiger partial charge in [0, 0.05) is 32.0 Å².